The molecule has 0 atom stereocenters. The Balaban J connectivity index is 2.44. The Morgan fingerprint density at radius 3 is 2.23 bits per heavy atom. The van der Waals surface area contributed by atoms with E-state index in [2.05, 4.69) is 5.10 Å². The van der Waals surface area contributed by atoms with Crippen LogP contribution in [0.2, 0.25) is 0 Å². The van der Waals surface area contributed by atoms with Gasteiger partial charge in [0.25, 0.3) is 0 Å². The first-order valence-corrected chi connectivity index (χ1v) is 7.42. The standard InChI is InChI=1S/C16H25BN2O3/c1-15(2)16(3,4)22-17(21-15)13-9-8-10-14(20-7)12(13)11-18-19(5)6/h8-11H,1-7H3/b18-11+. The molecule has 0 amide bonds. The minimum atomic E-state index is -0.441. The van der Waals surface area contributed by atoms with Gasteiger partial charge in [-0.15, -0.1) is 0 Å². The first-order valence-electron chi connectivity index (χ1n) is 7.42. The summed E-state index contributed by atoms with van der Waals surface area (Å²) in [6.45, 7) is 8.17. The second-order valence-corrected chi connectivity index (χ2v) is 6.64. The van der Waals surface area contributed by atoms with Crippen LogP contribution in [0.15, 0.2) is 23.3 Å². The highest BCUT2D eigenvalue weighted by atomic mass is 16.7. The van der Waals surface area contributed by atoms with Crippen molar-refractivity contribution >= 4 is 18.8 Å². The molecule has 2 rings (SSSR count). The summed E-state index contributed by atoms with van der Waals surface area (Å²) in [5.41, 5.74) is 1.04. The molecule has 0 saturated carbocycles. The van der Waals surface area contributed by atoms with Crippen molar-refractivity contribution in [2.75, 3.05) is 21.2 Å². The van der Waals surface area contributed by atoms with Crippen LogP contribution >= 0.6 is 0 Å². The number of hydrazone groups is 1. The molecule has 0 spiro atoms. The van der Waals surface area contributed by atoms with Gasteiger partial charge in [0.2, 0.25) is 0 Å². The summed E-state index contributed by atoms with van der Waals surface area (Å²) >= 11 is 0. The molecule has 0 bridgehead atoms. The molecule has 6 heteroatoms. The molecule has 120 valence electrons. The van der Waals surface area contributed by atoms with Crippen LogP contribution in [0.1, 0.15) is 33.3 Å². The maximum atomic E-state index is 6.14. The summed E-state index contributed by atoms with van der Waals surface area (Å²) in [4.78, 5) is 0. The van der Waals surface area contributed by atoms with E-state index in [0.29, 0.717) is 0 Å². The Kier molecular flexibility index (Phi) is 4.54. The molecule has 1 aliphatic rings. The molecule has 1 aliphatic heterocycles. The average Bonchev–Trinajstić information content (AvgIpc) is 2.64. The van der Waals surface area contributed by atoms with Crippen LogP contribution in [-0.4, -0.2) is 50.7 Å². The largest absolute Gasteiger partial charge is 0.496 e. The number of hydrogen-bond acceptors (Lipinski definition) is 5. The molecule has 0 aromatic heterocycles. The fourth-order valence-corrected chi connectivity index (χ4v) is 2.23. The van der Waals surface area contributed by atoms with Gasteiger partial charge >= 0.3 is 7.12 Å². The van der Waals surface area contributed by atoms with Crippen molar-refractivity contribution in [1.82, 2.24) is 5.01 Å². The van der Waals surface area contributed by atoms with Gasteiger partial charge in [0.1, 0.15) is 5.75 Å². The monoisotopic (exact) mass is 304 g/mol. The van der Waals surface area contributed by atoms with E-state index in [1.54, 1.807) is 18.3 Å². The second-order valence-electron chi connectivity index (χ2n) is 6.64. The number of rotatable bonds is 4. The number of hydrogen-bond donors (Lipinski definition) is 0. The molecule has 1 saturated heterocycles. The van der Waals surface area contributed by atoms with Gasteiger partial charge in [0.15, 0.2) is 0 Å². The second kappa shape index (κ2) is 5.93. The van der Waals surface area contributed by atoms with Gasteiger partial charge in [-0.05, 0) is 39.2 Å². The summed E-state index contributed by atoms with van der Waals surface area (Å²) in [7, 11) is 4.96. The third-order valence-corrected chi connectivity index (χ3v) is 4.24. The SMILES string of the molecule is COc1cccc(B2OC(C)(C)C(C)(C)O2)c1/C=N/N(C)C. The summed E-state index contributed by atoms with van der Waals surface area (Å²) in [6.07, 6.45) is 1.78. The quantitative estimate of drug-likeness (QED) is 0.484. The number of nitrogens with zero attached hydrogens (tertiary/aromatic N) is 2. The lowest BCUT2D eigenvalue weighted by Gasteiger charge is -2.32. The molecule has 22 heavy (non-hydrogen) atoms. The predicted molar refractivity (Wildman–Crippen MR) is 90.0 cm³/mol. The Morgan fingerprint density at radius 2 is 1.73 bits per heavy atom. The first-order chi connectivity index (χ1) is 10.2. The van der Waals surface area contributed by atoms with Gasteiger partial charge in [-0.3, -0.25) is 0 Å². The summed E-state index contributed by atoms with van der Waals surface area (Å²) in [5.74, 6) is 0.748. The number of methoxy groups -OCH3 is 1. The van der Waals surface area contributed by atoms with E-state index in [4.69, 9.17) is 14.0 Å². The Hall–Kier alpha value is -1.53. The molecule has 5 nitrogen and oxygen atoms in total. The third kappa shape index (κ3) is 3.13. The lowest BCUT2D eigenvalue weighted by Crippen LogP contribution is -2.41. The number of benzene rings is 1. The van der Waals surface area contributed by atoms with Crippen molar-refractivity contribution in [1.29, 1.82) is 0 Å². The van der Waals surface area contributed by atoms with Crippen LogP contribution < -0.4 is 10.2 Å². The molecule has 1 heterocycles. The average molecular weight is 304 g/mol. The zero-order valence-corrected chi connectivity index (χ0v) is 14.5. The van der Waals surface area contributed by atoms with Crippen molar-refractivity contribution in [3.8, 4) is 5.75 Å². The zero-order chi connectivity index (χ0) is 16.5. The first kappa shape index (κ1) is 16.8. The highest BCUT2D eigenvalue weighted by Crippen LogP contribution is 2.37. The number of ether oxygens (including phenoxy) is 1. The van der Waals surface area contributed by atoms with Gasteiger partial charge in [0, 0.05) is 19.7 Å². The maximum absolute atomic E-state index is 6.14. The van der Waals surface area contributed by atoms with E-state index in [0.717, 1.165) is 16.8 Å². The van der Waals surface area contributed by atoms with Crippen LogP contribution in [0.4, 0.5) is 0 Å². The molecule has 0 radical (unpaired) electrons. The maximum Gasteiger partial charge on any atom is 0.495 e. The van der Waals surface area contributed by atoms with E-state index >= 15 is 0 Å². The van der Waals surface area contributed by atoms with E-state index < -0.39 is 7.12 Å². The molecule has 0 aliphatic carbocycles. The van der Waals surface area contributed by atoms with E-state index in [1.165, 1.54) is 0 Å². The molecule has 1 aromatic carbocycles. The molecule has 1 fully saturated rings. The Morgan fingerprint density at radius 1 is 1.14 bits per heavy atom. The lowest BCUT2D eigenvalue weighted by atomic mass is 9.76. The highest BCUT2D eigenvalue weighted by Gasteiger charge is 2.52. The van der Waals surface area contributed by atoms with Gasteiger partial charge in [-0.2, -0.15) is 5.10 Å². The fourth-order valence-electron chi connectivity index (χ4n) is 2.23. The molecular weight excluding hydrogens is 279 g/mol. The van der Waals surface area contributed by atoms with Crippen molar-refractivity contribution in [3.63, 3.8) is 0 Å². The lowest BCUT2D eigenvalue weighted by molar-refractivity contribution is 0.00578. The van der Waals surface area contributed by atoms with Crippen LogP contribution in [0.25, 0.3) is 0 Å². The van der Waals surface area contributed by atoms with Gasteiger partial charge in [-0.25, -0.2) is 0 Å². The molecule has 1 aromatic rings. The van der Waals surface area contributed by atoms with E-state index in [9.17, 15) is 0 Å². The molecule has 0 unspecified atom stereocenters. The van der Waals surface area contributed by atoms with E-state index in [1.807, 2.05) is 60.0 Å². The normalized spacial score (nSPS) is 19.7. The third-order valence-electron chi connectivity index (χ3n) is 4.24. The topological polar surface area (TPSA) is 43.3 Å². The van der Waals surface area contributed by atoms with Crippen LogP contribution in [0.3, 0.4) is 0 Å². The van der Waals surface area contributed by atoms with Gasteiger partial charge in [0.05, 0.1) is 24.5 Å². The van der Waals surface area contributed by atoms with Crippen molar-refractivity contribution in [3.05, 3.63) is 23.8 Å². The Bertz CT molecular complexity index is 555. The van der Waals surface area contributed by atoms with Gasteiger partial charge < -0.3 is 19.1 Å². The zero-order valence-electron chi connectivity index (χ0n) is 14.5. The summed E-state index contributed by atoms with van der Waals surface area (Å²) in [5, 5.41) is 6.06. The van der Waals surface area contributed by atoms with Crippen LogP contribution in [0.5, 0.6) is 5.75 Å². The summed E-state index contributed by atoms with van der Waals surface area (Å²) in [6, 6.07) is 5.83. The van der Waals surface area contributed by atoms with Crippen molar-refractivity contribution in [2.24, 2.45) is 5.10 Å². The smallest absolute Gasteiger partial charge is 0.495 e. The van der Waals surface area contributed by atoms with Crippen molar-refractivity contribution in [2.45, 2.75) is 38.9 Å². The van der Waals surface area contributed by atoms with E-state index in [-0.39, 0.29) is 11.2 Å². The predicted octanol–water partition coefficient (Wildman–Crippen LogP) is 1.89. The summed E-state index contributed by atoms with van der Waals surface area (Å²) < 4.78 is 17.7. The van der Waals surface area contributed by atoms with Crippen LogP contribution in [-0.2, 0) is 9.31 Å². The Labute approximate surface area is 133 Å². The fraction of sp³-hybridized carbons (Fsp3) is 0.562. The molecular formula is C16H25BN2O3. The van der Waals surface area contributed by atoms with Gasteiger partial charge in [-0.1, -0.05) is 12.1 Å². The van der Waals surface area contributed by atoms with Crippen LogP contribution in [0, 0.1) is 0 Å². The minimum absolute atomic E-state index is 0.378. The minimum Gasteiger partial charge on any atom is -0.496 e. The highest BCUT2D eigenvalue weighted by molar-refractivity contribution is 6.63. The van der Waals surface area contributed by atoms with Crippen molar-refractivity contribution < 1.29 is 14.0 Å². The molecule has 0 N–H and O–H groups in total.